The average molecular weight is 286 g/mol. The molecule has 0 heterocycles. The van der Waals surface area contributed by atoms with Crippen molar-refractivity contribution in [3.05, 3.63) is 29.8 Å². The largest absolute Gasteiger partial charge is 0.478 e. The monoisotopic (exact) mass is 286 g/mol. The first-order valence-corrected chi connectivity index (χ1v) is 7.77. The summed E-state index contributed by atoms with van der Waals surface area (Å²) in [5, 5.41) is 8.97. The summed E-state index contributed by atoms with van der Waals surface area (Å²) in [5.41, 5.74) is -0.198. The van der Waals surface area contributed by atoms with Crippen molar-refractivity contribution in [2.45, 2.75) is 24.7 Å². The highest BCUT2D eigenvalue weighted by molar-refractivity contribution is 7.91. The Bertz CT molecular complexity index is 522. The summed E-state index contributed by atoms with van der Waals surface area (Å²) in [6, 6.07) is 5.61. The molecule has 0 unspecified atom stereocenters. The molecule has 6 heteroatoms. The van der Waals surface area contributed by atoms with E-state index >= 15 is 0 Å². The Morgan fingerprint density at radius 1 is 1.26 bits per heavy atom. The minimum atomic E-state index is -3.63. The van der Waals surface area contributed by atoms with E-state index in [0.717, 1.165) is 12.8 Å². The molecule has 0 aliphatic rings. The van der Waals surface area contributed by atoms with Gasteiger partial charge in [-0.05, 0) is 18.6 Å². The first kappa shape index (κ1) is 15.7. The number of aromatic carboxylic acids is 1. The molecule has 106 valence electrons. The Hall–Kier alpha value is -1.40. The fraction of sp³-hybridized carbons (Fsp3) is 0.462. The van der Waals surface area contributed by atoms with Crippen LogP contribution in [-0.4, -0.2) is 38.5 Å². The number of carbonyl (C=O) groups is 1. The van der Waals surface area contributed by atoms with Crippen LogP contribution in [0.2, 0.25) is 0 Å². The lowest BCUT2D eigenvalue weighted by molar-refractivity contribution is 0.0692. The Labute approximate surface area is 113 Å². The molecule has 1 aromatic rings. The van der Waals surface area contributed by atoms with Gasteiger partial charge >= 0.3 is 5.97 Å². The van der Waals surface area contributed by atoms with E-state index in [0.29, 0.717) is 6.61 Å². The molecule has 0 spiro atoms. The van der Waals surface area contributed by atoms with Crippen LogP contribution >= 0.6 is 0 Å². The van der Waals surface area contributed by atoms with E-state index in [-0.39, 0.29) is 22.8 Å². The zero-order valence-electron chi connectivity index (χ0n) is 10.8. The molecular weight excluding hydrogens is 268 g/mol. The van der Waals surface area contributed by atoms with Gasteiger partial charge in [0, 0.05) is 6.61 Å². The highest BCUT2D eigenvalue weighted by Crippen LogP contribution is 2.17. The number of rotatable bonds is 8. The summed E-state index contributed by atoms with van der Waals surface area (Å²) in [4.78, 5) is 10.8. The standard InChI is InChI=1S/C13H18O5S/c1-2-3-8-18-9-10-19(16,17)12-7-5-4-6-11(12)13(14)15/h4-7H,2-3,8-10H2,1H3,(H,14,15). The van der Waals surface area contributed by atoms with Crippen molar-refractivity contribution in [1.82, 2.24) is 0 Å². The van der Waals surface area contributed by atoms with E-state index in [2.05, 4.69) is 0 Å². The maximum absolute atomic E-state index is 12.0. The van der Waals surface area contributed by atoms with E-state index in [1.54, 1.807) is 0 Å². The van der Waals surface area contributed by atoms with Gasteiger partial charge in [0.25, 0.3) is 0 Å². The van der Waals surface area contributed by atoms with Gasteiger partial charge in [-0.15, -0.1) is 0 Å². The van der Waals surface area contributed by atoms with Gasteiger partial charge in [0.2, 0.25) is 0 Å². The smallest absolute Gasteiger partial charge is 0.337 e. The summed E-state index contributed by atoms with van der Waals surface area (Å²) in [6.45, 7) is 2.62. The van der Waals surface area contributed by atoms with Crippen molar-refractivity contribution in [3.8, 4) is 0 Å². The number of hydrogen-bond donors (Lipinski definition) is 1. The minimum absolute atomic E-state index is 0.0796. The van der Waals surface area contributed by atoms with Crippen molar-refractivity contribution < 1.29 is 23.1 Å². The van der Waals surface area contributed by atoms with Crippen LogP contribution in [0.25, 0.3) is 0 Å². The maximum atomic E-state index is 12.0. The molecule has 1 N–H and O–H groups in total. The van der Waals surface area contributed by atoms with E-state index in [4.69, 9.17) is 9.84 Å². The predicted molar refractivity (Wildman–Crippen MR) is 71.2 cm³/mol. The Morgan fingerprint density at radius 3 is 2.58 bits per heavy atom. The minimum Gasteiger partial charge on any atom is -0.478 e. The van der Waals surface area contributed by atoms with Crippen LogP contribution in [-0.2, 0) is 14.6 Å². The number of sulfone groups is 1. The van der Waals surface area contributed by atoms with Crippen LogP contribution in [0.5, 0.6) is 0 Å². The number of carboxylic acid groups (broad SMARTS) is 1. The lowest BCUT2D eigenvalue weighted by atomic mass is 10.2. The van der Waals surface area contributed by atoms with Crippen molar-refractivity contribution in [1.29, 1.82) is 0 Å². The first-order valence-electron chi connectivity index (χ1n) is 6.12. The third kappa shape index (κ3) is 4.65. The van der Waals surface area contributed by atoms with Gasteiger partial charge in [-0.1, -0.05) is 25.5 Å². The van der Waals surface area contributed by atoms with E-state index in [1.165, 1.54) is 24.3 Å². The van der Waals surface area contributed by atoms with E-state index in [9.17, 15) is 13.2 Å². The molecule has 1 aromatic carbocycles. The predicted octanol–water partition coefficient (Wildman–Crippen LogP) is 1.98. The van der Waals surface area contributed by atoms with Gasteiger partial charge in [0.15, 0.2) is 9.84 Å². The number of unbranched alkanes of at least 4 members (excludes halogenated alkanes) is 1. The number of hydrogen-bond acceptors (Lipinski definition) is 4. The van der Waals surface area contributed by atoms with E-state index in [1.807, 2.05) is 6.92 Å². The summed E-state index contributed by atoms with van der Waals surface area (Å²) >= 11 is 0. The Kier molecular flexibility index (Phi) is 5.98. The van der Waals surface area contributed by atoms with Crippen LogP contribution in [0.15, 0.2) is 29.2 Å². The third-order valence-electron chi connectivity index (χ3n) is 2.59. The molecule has 0 saturated carbocycles. The number of ether oxygens (including phenoxy) is 1. The molecule has 0 atom stereocenters. The van der Waals surface area contributed by atoms with Crippen LogP contribution in [0, 0.1) is 0 Å². The molecular formula is C13H18O5S. The molecule has 0 aromatic heterocycles. The Morgan fingerprint density at radius 2 is 1.95 bits per heavy atom. The molecule has 0 saturated heterocycles. The van der Waals surface area contributed by atoms with Crippen LogP contribution < -0.4 is 0 Å². The topological polar surface area (TPSA) is 80.7 Å². The first-order chi connectivity index (χ1) is 8.99. The summed E-state index contributed by atoms with van der Waals surface area (Å²) in [7, 11) is -3.63. The van der Waals surface area contributed by atoms with E-state index < -0.39 is 15.8 Å². The molecule has 0 fully saturated rings. The summed E-state index contributed by atoms with van der Waals surface area (Å²) < 4.78 is 29.3. The lowest BCUT2D eigenvalue weighted by Crippen LogP contribution is -2.16. The molecule has 19 heavy (non-hydrogen) atoms. The molecule has 0 bridgehead atoms. The molecule has 0 radical (unpaired) electrons. The number of benzene rings is 1. The zero-order valence-corrected chi connectivity index (χ0v) is 11.6. The average Bonchev–Trinajstić information content (AvgIpc) is 2.38. The van der Waals surface area contributed by atoms with Crippen molar-refractivity contribution >= 4 is 15.8 Å². The van der Waals surface area contributed by atoms with Gasteiger partial charge < -0.3 is 9.84 Å². The second-order valence-electron chi connectivity index (χ2n) is 4.09. The van der Waals surface area contributed by atoms with Gasteiger partial charge in [-0.3, -0.25) is 0 Å². The second kappa shape index (κ2) is 7.25. The van der Waals surface area contributed by atoms with Crippen molar-refractivity contribution in [2.24, 2.45) is 0 Å². The van der Waals surface area contributed by atoms with Crippen LogP contribution in [0.1, 0.15) is 30.1 Å². The van der Waals surface area contributed by atoms with Crippen molar-refractivity contribution in [2.75, 3.05) is 19.0 Å². The lowest BCUT2D eigenvalue weighted by Gasteiger charge is -2.08. The summed E-state index contributed by atoms with van der Waals surface area (Å²) in [6.07, 6.45) is 1.86. The second-order valence-corrected chi connectivity index (χ2v) is 6.16. The van der Waals surface area contributed by atoms with Crippen LogP contribution in [0.4, 0.5) is 0 Å². The van der Waals surface area contributed by atoms with Gasteiger partial charge in [0.05, 0.1) is 22.8 Å². The zero-order chi connectivity index (χ0) is 14.3. The molecule has 0 amide bonds. The quantitative estimate of drug-likeness (QED) is 0.739. The highest BCUT2D eigenvalue weighted by Gasteiger charge is 2.21. The SMILES string of the molecule is CCCCOCCS(=O)(=O)c1ccccc1C(=O)O. The Balaban J connectivity index is 2.75. The molecule has 5 nitrogen and oxygen atoms in total. The maximum Gasteiger partial charge on any atom is 0.337 e. The van der Waals surface area contributed by atoms with Crippen molar-refractivity contribution in [3.63, 3.8) is 0 Å². The normalized spacial score (nSPS) is 11.4. The number of carboxylic acids is 1. The van der Waals surface area contributed by atoms with Crippen LogP contribution in [0.3, 0.4) is 0 Å². The highest BCUT2D eigenvalue weighted by atomic mass is 32.2. The van der Waals surface area contributed by atoms with Gasteiger partial charge in [-0.2, -0.15) is 0 Å². The molecule has 1 rings (SSSR count). The molecule has 0 aliphatic carbocycles. The summed E-state index contributed by atoms with van der Waals surface area (Å²) in [5.74, 6) is -1.45. The van der Waals surface area contributed by atoms with Gasteiger partial charge in [0.1, 0.15) is 0 Å². The fourth-order valence-electron chi connectivity index (χ4n) is 1.54. The fourth-order valence-corrected chi connectivity index (χ4v) is 2.88. The van der Waals surface area contributed by atoms with Gasteiger partial charge in [-0.25, -0.2) is 13.2 Å². The third-order valence-corrected chi connectivity index (χ3v) is 4.32. The molecule has 0 aliphatic heterocycles.